The van der Waals surface area contributed by atoms with Crippen LogP contribution in [0, 0.1) is 5.92 Å². The highest BCUT2D eigenvalue weighted by atomic mass is 16.5. The number of nitrogens with one attached hydrogen (secondary N) is 1. The lowest BCUT2D eigenvalue weighted by Gasteiger charge is -2.15. The number of aromatic nitrogens is 2. The van der Waals surface area contributed by atoms with Gasteiger partial charge in [0.25, 0.3) is 5.91 Å². The second kappa shape index (κ2) is 8.78. The molecule has 0 saturated carbocycles. The Morgan fingerprint density at radius 2 is 1.97 bits per heavy atom. The number of imidazole rings is 1. The second-order valence-corrected chi connectivity index (χ2v) is 7.92. The van der Waals surface area contributed by atoms with Gasteiger partial charge in [-0.25, -0.2) is 4.98 Å². The van der Waals surface area contributed by atoms with E-state index in [0.29, 0.717) is 18.0 Å². The molecule has 3 heterocycles. The molecular formula is C22H28N4O3. The van der Waals surface area contributed by atoms with E-state index in [1.54, 1.807) is 0 Å². The number of hydrogen-bond acceptors (Lipinski definition) is 5. The Balaban J connectivity index is 1.33. The Hall–Kier alpha value is -2.67. The first-order chi connectivity index (χ1) is 14.1. The molecule has 0 radical (unpaired) electrons. The van der Waals surface area contributed by atoms with Crippen molar-refractivity contribution >= 4 is 11.9 Å². The van der Waals surface area contributed by atoms with Crippen LogP contribution in [0.25, 0.3) is 0 Å². The number of likely N-dealkylation sites (tertiary alicyclic amines) is 1. The highest BCUT2D eigenvalue weighted by Gasteiger charge is 2.29. The van der Waals surface area contributed by atoms with Crippen molar-refractivity contribution in [3.05, 3.63) is 53.1 Å². The van der Waals surface area contributed by atoms with Gasteiger partial charge in [-0.2, -0.15) is 0 Å². The van der Waals surface area contributed by atoms with E-state index in [4.69, 9.17) is 4.74 Å². The molecule has 1 aromatic carbocycles. The van der Waals surface area contributed by atoms with Gasteiger partial charge >= 0.3 is 5.97 Å². The summed E-state index contributed by atoms with van der Waals surface area (Å²) in [4.78, 5) is 30.8. The number of methoxy groups -OCH3 is 1. The molecule has 2 aromatic rings. The van der Waals surface area contributed by atoms with Crippen molar-refractivity contribution in [3.63, 3.8) is 0 Å². The molecule has 1 aromatic heterocycles. The monoisotopic (exact) mass is 396 g/mol. The average molecular weight is 396 g/mol. The predicted octanol–water partition coefficient (Wildman–Crippen LogP) is 1.45. The van der Waals surface area contributed by atoms with Crippen LogP contribution >= 0.6 is 0 Å². The van der Waals surface area contributed by atoms with Crippen LogP contribution in [-0.4, -0.2) is 59.6 Å². The highest BCUT2D eigenvalue weighted by Crippen LogP contribution is 2.23. The third-order valence-corrected chi connectivity index (χ3v) is 5.83. The van der Waals surface area contributed by atoms with Crippen molar-refractivity contribution in [2.75, 3.05) is 33.3 Å². The molecule has 1 N–H and O–H groups in total. The fourth-order valence-electron chi connectivity index (χ4n) is 4.19. The number of amides is 1. The summed E-state index contributed by atoms with van der Waals surface area (Å²) < 4.78 is 6.82. The van der Waals surface area contributed by atoms with E-state index < -0.39 is 0 Å². The Morgan fingerprint density at radius 3 is 2.76 bits per heavy atom. The van der Waals surface area contributed by atoms with Gasteiger partial charge in [0.05, 0.1) is 13.5 Å². The Labute approximate surface area is 171 Å². The number of carbonyl (C=O) groups excluding carboxylic acids is 2. The van der Waals surface area contributed by atoms with Crippen LogP contribution in [0.4, 0.5) is 0 Å². The zero-order valence-electron chi connectivity index (χ0n) is 16.9. The summed E-state index contributed by atoms with van der Waals surface area (Å²) in [5.41, 5.74) is 2.77. The molecule has 4 rings (SSSR count). The molecular weight excluding hydrogens is 368 g/mol. The van der Waals surface area contributed by atoms with Gasteiger partial charge in [0.2, 0.25) is 0 Å². The van der Waals surface area contributed by atoms with Crippen LogP contribution in [0.3, 0.4) is 0 Å². The second-order valence-electron chi connectivity index (χ2n) is 7.92. The minimum atomic E-state index is -0.226. The number of hydrogen-bond donors (Lipinski definition) is 1. The van der Waals surface area contributed by atoms with Crippen molar-refractivity contribution in [1.82, 2.24) is 19.8 Å². The van der Waals surface area contributed by atoms with E-state index in [9.17, 15) is 9.59 Å². The summed E-state index contributed by atoms with van der Waals surface area (Å²) in [5.74, 6) is 1.28. The molecule has 0 bridgehead atoms. The summed E-state index contributed by atoms with van der Waals surface area (Å²) in [6.07, 6.45) is 5.02. The standard InChI is InChI=1S/C22H28N4O3/c1-29-21(27)13-17-4-2-16(3-5-17)12-18-7-10-26(14-18)22(28)19-15-25-11-9-23-8-6-20(25)24-19/h2-5,15,18,23H,6-14H2,1H3. The first-order valence-corrected chi connectivity index (χ1v) is 10.3. The molecule has 2 aliphatic rings. The smallest absolute Gasteiger partial charge is 0.309 e. The SMILES string of the molecule is COC(=O)Cc1ccc(CC2CCN(C(=O)c3cn4c(n3)CCNCC4)C2)cc1. The number of benzene rings is 1. The van der Waals surface area contributed by atoms with E-state index in [-0.39, 0.29) is 11.9 Å². The number of nitrogens with zero attached hydrogens (tertiary/aromatic N) is 3. The van der Waals surface area contributed by atoms with Crippen LogP contribution in [0.15, 0.2) is 30.5 Å². The molecule has 1 unspecified atom stereocenters. The fourth-order valence-corrected chi connectivity index (χ4v) is 4.19. The molecule has 7 heteroatoms. The molecule has 1 amide bonds. The normalized spacial score (nSPS) is 18.9. The molecule has 1 atom stereocenters. The van der Waals surface area contributed by atoms with E-state index >= 15 is 0 Å². The van der Waals surface area contributed by atoms with Crippen LogP contribution in [-0.2, 0) is 35.3 Å². The predicted molar refractivity (Wildman–Crippen MR) is 109 cm³/mol. The summed E-state index contributed by atoms with van der Waals surface area (Å²) in [6, 6.07) is 8.11. The molecule has 1 fully saturated rings. The van der Waals surface area contributed by atoms with Gasteiger partial charge in [0, 0.05) is 45.3 Å². The van der Waals surface area contributed by atoms with Gasteiger partial charge in [0.1, 0.15) is 11.5 Å². The molecule has 0 aliphatic carbocycles. The van der Waals surface area contributed by atoms with Crippen LogP contribution in [0.5, 0.6) is 0 Å². The van der Waals surface area contributed by atoms with Crippen molar-refractivity contribution in [1.29, 1.82) is 0 Å². The van der Waals surface area contributed by atoms with E-state index in [1.165, 1.54) is 12.7 Å². The Morgan fingerprint density at radius 1 is 1.17 bits per heavy atom. The van der Waals surface area contributed by atoms with Crippen LogP contribution in [0.1, 0.15) is 33.9 Å². The molecule has 1 saturated heterocycles. The highest BCUT2D eigenvalue weighted by molar-refractivity contribution is 5.92. The molecule has 0 spiro atoms. The first kappa shape index (κ1) is 19.6. The van der Waals surface area contributed by atoms with Gasteiger partial charge in [0.15, 0.2) is 0 Å². The Kier molecular flexibility index (Phi) is 5.94. The van der Waals surface area contributed by atoms with E-state index in [2.05, 4.69) is 27.0 Å². The molecule has 7 nitrogen and oxygen atoms in total. The summed E-state index contributed by atoms with van der Waals surface area (Å²) >= 11 is 0. The zero-order valence-corrected chi connectivity index (χ0v) is 16.9. The van der Waals surface area contributed by atoms with Gasteiger partial charge in [-0.15, -0.1) is 0 Å². The summed E-state index contributed by atoms with van der Waals surface area (Å²) in [5, 5.41) is 3.35. The number of fused-ring (bicyclic) bond motifs is 1. The van der Waals surface area contributed by atoms with Crippen LogP contribution in [0.2, 0.25) is 0 Å². The van der Waals surface area contributed by atoms with Gasteiger partial charge in [-0.1, -0.05) is 24.3 Å². The topological polar surface area (TPSA) is 76.5 Å². The van der Waals surface area contributed by atoms with Crippen LogP contribution < -0.4 is 5.32 Å². The van der Waals surface area contributed by atoms with Crippen molar-refractivity contribution in [2.45, 2.75) is 32.2 Å². The van der Waals surface area contributed by atoms with Crippen molar-refractivity contribution in [3.8, 4) is 0 Å². The molecule has 29 heavy (non-hydrogen) atoms. The first-order valence-electron chi connectivity index (χ1n) is 10.3. The van der Waals surface area contributed by atoms with Gasteiger partial charge < -0.3 is 19.5 Å². The van der Waals surface area contributed by atoms with Gasteiger partial charge in [-0.05, 0) is 29.9 Å². The summed E-state index contributed by atoms with van der Waals surface area (Å²) in [6.45, 7) is 4.25. The lowest BCUT2D eigenvalue weighted by molar-refractivity contribution is -0.139. The number of ether oxygens (including phenoxy) is 1. The minimum Gasteiger partial charge on any atom is -0.469 e. The largest absolute Gasteiger partial charge is 0.469 e. The third-order valence-electron chi connectivity index (χ3n) is 5.83. The lowest BCUT2D eigenvalue weighted by atomic mass is 9.97. The van der Waals surface area contributed by atoms with Gasteiger partial charge in [-0.3, -0.25) is 9.59 Å². The van der Waals surface area contributed by atoms with E-state index in [1.807, 2.05) is 23.2 Å². The van der Waals surface area contributed by atoms with Crippen molar-refractivity contribution in [2.24, 2.45) is 5.92 Å². The number of esters is 1. The molecule has 154 valence electrons. The summed E-state index contributed by atoms with van der Waals surface area (Å²) in [7, 11) is 1.40. The average Bonchev–Trinajstić information content (AvgIpc) is 3.30. The minimum absolute atomic E-state index is 0.0504. The quantitative estimate of drug-likeness (QED) is 0.774. The molecule has 2 aliphatic heterocycles. The maximum Gasteiger partial charge on any atom is 0.309 e. The lowest BCUT2D eigenvalue weighted by Crippen LogP contribution is -2.29. The Bertz CT molecular complexity index is 851. The van der Waals surface area contributed by atoms with E-state index in [0.717, 1.165) is 63.4 Å². The third kappa shape index (κ3) is 4.67. The van der Waals surface area contributed by atoms with Crippen molar-refractivity contribution < 1.29 is 14.3 Å². The maximum absolute atomic E-state index is 12.9. The number of carbonyl (C=O) groups is 2. The zero-order chi connectivity index (χ0) is 20.2. The number of rotatable bonds is 5. The fraction of sp³-hybridized carbons (Fsp3) is 0.500. The maximum atomic E-state index is 12.9.